The Morgan fingerprint density at radius 1 is 1.20 bits per heavy atom. The lowest BCUT2D eigenvalue weighted by Gasteiger charge is -2.15. The number of para-hydroxylation sites is 1. The number of thioether (sulfide) groups is 2. The Balaban J connectivity index is 1.90. The Morgan fingerprint density at radius 2 is 1.92 bits per heavy atom. The van der Waals surface area contributed by atoms with E-state index in [-0.39, 0.29) is 5.91 Å². The summed E-state index contributed by atoms with van der Waals surface area (Å²) in [6, 6.07) is 18.1. The van der Waals surface area contributed by atoms with Gasteiger partial charge in [-0.05, 0) is 30.5 Å². The first-order valence-corrected chi connectivity index (χ1v) is 10.2. The third-order valence-electron chi connectivity index (χ3n) is 3.58. The molecule has 0 spiro atoms. The van der Waals surface area contributed by atoms with E-state index in [1.165, 1.54) is 22.2 Å². The zero-order chi connectivity index (χ0) is 18.1. The van der Waals surface area contributed by atoms with Crippen molar-refractivity contribution in [1.82, 2.24) is 0 Å². The highest BCUT2D eigenvalue weighted by Crippen LogP contribution is 2.26. The topological polar surface area (TPSA) is 57.3 Å². The molecule has 1 atom stereocenters. The van der Waals surface area contributed by atoms with Crippen molar-refractivity contribution in [3.05, 3.63) is 54.1 Å². The molecule has 0 saturated carbocycles. The standard InChI is InChI=1S/C19H21N3OS2/c1-22(13-15-7-9-16(24-2)10-8-15)14-19(23)21-17-5-3-4-6-18(17)25-12-11-20/h3-10H,12-14H2,1-2H3,(H,21,23)/p+1. The number of hydrogen-bond donors (Lipinski definition) is 2. The molecule has 0 aliphatic carbocycles. The number of nitrogens with one attached hydrogen (secondary N) is 2. The van der Waals surface area contributed by atoms with Crippen molar-refractivity contribution in [3.8, 4) is 6.07 Å². The van der Waals surface area contributed by atoms with Crippen LogP contribution in [0.1, 0.15) is 5.56 Å². The molecule has 1 amide bonds. The van der Waals surface area contributed by atoms with E-state index >= 15 is 0 Å². The summed E-state index contributed by atoms with van der Waals surface area (Å²) in [5.41, 5.74) is 1.98. The van der Waals surface area contributed by atoms with E-state index in [9.17, 15) is 4.79 Å². The molecule has 0 aliphatic rings. The molecule has 0 radical (unpaired) electrons. The smallest absolute Gasteiger partial charge is 0.279 e. The van der Waals surface area contributed by atoms with Crippen molar-refractivity contribution in [2.45, 2.75) is 16.3 Å². The minimum Gasteiger partial charge on any atom is -0.326 e. The lowest BCUT2D eigenvalue weighted by molar-refractivity contribution is -0.885. The number of carbonyl (C=O) groups is 1. The van der Waals surface area contributed by atoms with Crippen LogP contribution in [-0.4, -0.2) is 31.5 Å². The average molecular weight is 373 g/mol. The second-order valence-corrected chi connectivity index (χ2v) is 7.55. The minimum absolute atomic E-state index is 0.0248. The van der Waals surface area contributed by atoms with E-state index < -0.39 is 0 Å². The van der Waals surface area contributed by atoms with Crippen molar-refractivity contribution in [3.63, 3.8) is 0 Å². The normalized spacial score (nSPS) is 11.6. The minimum atomic E-state index is -0.0248. The first-order valence-electron chi connectivity index (χ1n) is 7.95. The van der Waals surface area contributed by atoms with Gasteiger partial charge in [0.2, 0.25) is 0 Å². The van der Waals surface area contributed by atoms with Gasteiger partial charge in [-0.25, -0.2) is 0 Å². The number of benzene rings is 2. The maximum atomic E-state index is 12.3. The van der Waals surface area contributed by atoms with E-state index in [4.69, 9.17) is 5.26 Å². The van der Waals surface area contributed by atoms with Gasteiger partial charge in [-0.2, -0.15) is 5.26 Å². The van der Waals surface area contributed by atoms with E-state index in [2.05, 4.69) is 41.9 Å². The summed E-state index contributed by atoms with van der Waals surface area (Å²) < 4.78 is 0. The van der Waals surface area contributed by atoms with Gasteiger partial charge in [0.05, 0.1) is 24.6 Å². The molecule has 0 bridgehead atoms. The van der Waals surface area contributed by atoms with E-state index in [0.29, 0.717) is 12.3 Å². The number of rotatable bonds is 8. The van der Waals surface area contributed by atoms with E-state index in [1.807, 2.05) is 31.3 Å². The molecule has 2 aromatic carbocycles. The number of hydrogen-bond acceptors (Lipinski definition) is 4. The van der Waals surface area contributed by atoms with Gasteiger partial charge < -0.3 is 10.2 Å². The van der Waals surface area contributed by atoms with Crippen LogP contribution >= 0.6 is 23.5 Å². The van der Waals surface area contributed by atoms with Crippen LogP contribution < -0.4 is 10.2 Å². The van der Waals surface area contributed by atoms with Gasteiger partial charge >= 0.3 is 0 Å². The maximum Gasteiger partial charge on any atom is 0.279 e. The Hall–Kier alpha value is -1.94. The molecule has 0 aliphatic heterocycles. The molecule has 0 fully saturated rings. The molecule has 130 valence electrons. The van der Waals surface area contributed by atoms with Gasteiger partial charge in [0, 0.05) is 15.4 Å². The monoisotopic (exact) mass is 372 g/mol. The number of carbonyl (C=O) groups excluding carboxylic acids is 1. The molecule has 0 aromatic heterocycles. The SMILES string of the molecule is CSc1ccc(C[NH+](C)CC(=O)Nc2ccccc2SCC#N)cc1. The van der Waals surface area contributed by atoms with Crippen molar-refractivity contribution in [2.24, 2.45) is 0 Å². The number of anilines is 1. The van der Waals surface area contributed by atoms with Crippen LogP contribution in [0.2, 0.25) is 0 Å². The molecule has 4 nitrogen and oxygen atoms in total. The largest absolute Gasteiger partial charge is 0.326 e. The summed E-state index contributed by atoms with van der Waals surface area (Å²) in [5, 5.41) is 11.7. The molecule has 0 saturated heterocycles. The Morgan fingerprint density at radius 3 is 2.60 bits per heavy atom. The second-order valence-electron chi connectivity index (χ2n) is 5.65. The van der Waals surface area contributed by atoms with Gasteiger partial charge in [0.25, 0.3) is 5.91 Å². The highest BCUT2D eigenvalue weighted by atomic mass is 32.2. The van der Waals surface area contributed by atoms with E-state index in [1.54, 1.807) is 11.8 Å². The van der Waals surface area contributed by atoms with Gasteiger partial charge in [0.15, 0.2) is 6.54 Å². The van der Waals surface area contributed by atoms with Crippen LogP contribution in [-0.2, 0) is 11.3 Å². The van der Waals surface area contributed by atoms with Gasteiger partial charge in [-0.1, -0.05) is 24.3 Å². The third-order valence-corrected chi connectivity index (χ3v) is 5.26. The summed E-state index contributed by atoms with van der Waals surface area (Å²) in [6.07, 6.45) is 2.06. The summed E-state index contributed by atoms with van der Waals surface area (Å²) in [4.78, 5) is 15.6. The molecule has 0 heterocycles. The van der Waals surface area contributed by atoms with Gasteiger partial charge in [-0.15, -0.1) is 23.5 Å². The Kier molecular flexibility index (Phi) is 7.86. The Labute approximate surface area is 157 Å². The fourth-order valence-electron chi connectivity index (χ4n) is 2.43. The highest BCUT2D eigenvalue weighted by molar-refractivity contribution is 7.99. The van der Waals surface area contributed by atoms with Crippen molar-refractivity contribution in [1.29, 1.82) is 5.26 Å². The average Bonchev–Trinajstić information content (AvgIpc) is 2.61. The molecule has 25 heavy (non-hydrogen) atoms. The zero-order valence-electron chi connectivity index (χ0n) is 14.4. The van der Waals surface area contributed by atoms with Crippen LogP contribution in [0.4, 0.5) is 5.69 Å². The van der Waals surface area contributed by atoms with E-state index in [0.717, 1.165) is 22.0 Å². The molecule has 1 unspecified atom stereocenters. The van der Waals surface area contributed by atoms with Crippen molar-refractivity contribution in [2.75, 3.05) is 30.9 Å². The predicted octanol–water partition coefficient (Wildman–Crippen LogP) is 2.68. The van der Waals surface area contributed by atoms with Gasteiger partial charge in [0.1, 0.15) is 6.54 Å². The second kappa shape index (κ2) is 10.1. The number of quaternary nitrogens is 1. The molecular weight excluding hydrogens is 350 g/mol. The molecule has 2 aromatic rings. The van der Waals surface area contributed by atoms with Crippen LogP contribution in [0, 0.1) is 11.3 Å². The van der Waals surface area contributed by atoms with Crippen molar-refractivity contribution >= 4 is 35.1 Å². The van der Waals surface area contributed by atoms with Crippen LogP contribution in [0.3, 0.4) is 0 Å². The van der Waals surface area contributed by atoms with Crippen LogP contribution in [0.5, 0.6) is 0 Å². The molecule has 2 N–H and O–H groups in total. The van der Waals surface area contributed by atoms with Crippen molar-refractivity contribution < 1.29 is 9.69 Å². The highest BCUT2D eigenvalue weighted by Gasteiger charge is 2.12. The first kappa shape index (κ1) is 19.4. The van der Waals surface area contributed by atoms with Crippen LogP contribution in [0.15, 0.2) is 58.3 Å². The quantitative estimate of drug-likeness (QED) is 0.700. The Bertz CT molecular complexity index is 741. The summed E-state index contributed by atoms with van der Waals surface area (Å²) in [5.74, 6) is 0.340. The zero-order valence-corrected chi connectivity index (χ0v) is 16.0. The fraction of sp³-hybridized carbons (Fsp3) is 0.263. The predicted molar refractivity (Wildman–Crippen MR) is 105 cm³/mol. The maximum absolute atomic E-state index is 12.3. The number of nitriles is 1. The first-order chi connectivity index (χ1) is 12.1. The summed E-state index contributed by atoms with van der Waals surface area (Å²) >= 11 is 3.15. The summed E-state index contributed by atoms with van der Waals surface area (Å²) in [6.45, 7) is 1.19. The number of likely N-dealkylation sites (N-methyl/N-ethyl adjacent to an activating group) is 1. The third kappa shape index (κ3) is 6.46. The lowest BCUT2D eigenvalue weighted by atomic mass is 10.2. The summed E-state index contributed by atoms with van der Waals surface area (Å²) in [7, 11) is 2.01. The molecule has 2 rings (SSSR count). The fourth-order valence-corrected chi connectivity index (χ4v) is 3.51. The number of amides is 1. The molecular formula is C19H22N3OS2+. The van der Waals surface area contributed by atoms with Crippen LogP contribution in [0.25, 0.3) is 0 Å². The molecule has 6 heteroatoms. The number of nitrogens with zero attached hydrogens (tertiary/aromatic N) is 1. The van der Waals surface area contributed by atoms with Gasteiger partial charge in [-0.3, -0.25) is 4.79 Å². The lowest BCUT2D eigenvalue weighted by Crippen LogP contribution is -3.08.